The van der Waals surface area contributed by atoms with Crippen molar-refractivity contribution in [2.75, 3.05) is 11.1 Å². The molecule has 94 valence electrons. The van der Waals surface area contributed by atoms with Gasteiger partial charge in [0.05, 0.1) is 11.4 Å². The molecule has 3 N–H and O–H groups in total. The second kappa shape index (κ2) is 5.51. The second-order valence-corrected chi connectivity index (χ2v) is 5.02. The standard InChI is InChI=1S/C14H14Cl2N2/c1-9(10-2-4-11(15)5-3-10)18-14-8-12(16)6-7-13(14)17/h2-9,18H,17H2,1H3. The molecule has 1 atom stereocenters. The first-order chi connectivity index (χ1) is 8.56. The molecule has 0 bridgehead atoms. The van der Waals surface area contributed by atoms with Crippen molar-refractivity contribution in [1.82, 2.24) is 0 Å². The fraction of sp³-hybridized carbons (Fsp3) is 0.143. The summed E-state index contributed by atoms with van der Waals surface area (Å²) in [6.07, 6.45) is 0. The van der Waals surface area contributed by atoms with E-state index in [9.17, 15) is 0 Å². The zero-order valence-electron chi connectivity index (χ0n) is 9.95. The van der Waals surface area contributed by atoms with Crippen LogP contribution in [0.2, 0.25) is 10.0 Å². The third-order valence-electron chi connectivity index (χ3n) is 2.76. The number of nitrogens with two attached hydrogens (primary N) is 1. The predicted octanol–water partition coefficient (Wildman–Crippen LogP) is 4.75. The number of halogens is 2. The Morgan fingerprint density at radius 1 is 1.00 bits per heavy atom. The van der Waals surface area contributed by atoms with Crippen LogP contribution in [-0.2, 0) is 0 Å². The van der Waals surface area contributed by atoms with Crippen LogP contribution in [0.5, 0.6) is 0 Å². The molecule has 2 aromatic rings. The summed E-state index contributed by atoms with van der Waals surface area (Å²) >= 11 is 11.8. The lowest BCUT2D eigenvalue weighted by molar-refractivity contribution is 0.885. The first-order valence-electron chi connectivity index (χ1n) is 5.63. The van der Waals surface area contributed by atoms with E-state index in [1.807, 2.05) is 30.3 Å². The van der Waals surface area contributed by atoms with Crippen molar-refractivity contribution in [1.29, 1.82) is 0 Å². The summed E-state index contributed by atoms with van der Waals surface area (Å²) in [5.41, 5.74) is 8.55. The smallest absolute Gasteiger partial charge is 0.0593 e. The SMILES string of the molecule is CC(Nc1cc(Cl)ccc1N)c1ccc(Cl)cc1. The average molecular weight is 281 g/mol. The summed E-state index contributed by atoms with van der Waals surface area (Å²) in [7, 11) is 0. The van der Waals surface area contributed by atoms with Crippen molar-refractivity contribution in [2.24, 2.45) is 0 Å². The number of hydrogen-bond acceptors (Lipinski definition) is 2. The van der Waals surface area contributed by atoms with Gasteiger partial charge in [0, 0.05) is 16.1 Å². The van der Waals surface area contributed by atoms with E-state index in [1.54, 1.807) is 12.1 Å². The maximum Gasteiger partial charge on any atom is 0.0593 e. The quantitative estimate of drug-likeness (QED) is 0.797. The van der Waals surface area contributed by atoms with E-state index in [4.69, 9.17) is 28.9 Å². The van der Waals surface area contributed by atoms with Crippen molar-refractivity contribution >= 4 is 34.6 Å². The molecule has 0 aliphatic rings. The highest BCUT2D eigenvalue weighted by atomic mass is 35.5. The highest BCUT2D eigenvalue weighted by molar-refractivity contribution is 6.31. The Bertz CT molecular complexity index is 538. The van der Waals surface area contributed by atoms with E-state index >= 15 is 0 Å². The number of anilines is 2. The first-order valence-corrected chi connectivity index (χ1v) is 6.39. The highest BCUT2D eigenvalue weighted by Gasteiger charge is 2.07. The Morgan fingerprint density at radius 2 is 1.61 bits per heavy atom. The molecule has 2 rings (SSSR count). The first kappa shape index (κ1) is 13.1. The van der Waals surface area contributed by atoms with Gasteiger partial charge in [0.1, 0.15) is 0 Å². The highest BCUT2D eigenvalue weighted by Crippen LogP contribution is 2.27. The Morgan fingerprint density at radius 3 is 2.28 bits per heavy atom. The Balaban J connectivity index is 2.18. The Labute approximate surface area is 117 Å². The summed E-state index contributed by atoms with van der Waals surface area (Å²) in [4.78, 5) is 0. The lowest BCUT2D eigenvalue weighted by atomic mass is 10.1. The minimum Gasteiger partial charge on any atom is -0.397 e. The van der Waals surface area contributed by atoms with Crippen LogP contribution in [0, 0.1) is 0 Å². The van der Waals surface area contributed by atoms with Crippen molar-refractivity contribution in [3.05, 3.63) is 58.1 Å². The van der Waals surface area contributed by atoms with E-state index in [1.165, 1.54) is 0 Å². The summed E-state index contributed by atoms with van der Waals surface area (Å²) in [5.74, 6) is 0. The molecule has 0 amide bonds. The lowest BCUT2D eigenvalue weighted by Gasteiger charge is -2.17. The number of nitrogens with one attached hydrogen (secondary N) is 1. The molecule has 0 fully saturated rings. The molecule has 0 aliphatic heterocycles. The van der Waals surface area contributed by atoms with E-state index < -0.39 is 0 Å². The average Bonchev–Trinajstić information content (AvgIpc) is 2.34. The van der Waals surface area contributed by atoms with Crippen LogP contribution in [0.25, 0.3) is 0 Å². The lowest BCUT2D eigenvalue weighted by Crippen LogP contribution is -2.08. The van der Waals surface area contributed by atoms with Gasteiger partial charge in [-0.05, 0) is 42.8 Å². The van der Waals surface area contributed by atoms with Gasteiger partial charge in [-0.15, -0.1) is 0 Å². The van der Waals surface area contributed by atoms with Crippen molar-refractivity contribution < 1.29 is 0 Å². The molecule has 0 aromatic heterocycles. The molecule has 1 unspecified atom stereocenters. The molecule has 18 heavy (non-hydrogen) atoms. The van der Waals surface area contributed by atoms with Crippen LogP contribution >= 0.6 is 23.2 Å². The molecule has 0 aliphatic carbocycles. The summed E-state index contributed by atoms with van der Waals surface area (Å²) in [5, 5.41) is 4.73. The molecule has 0 heterocycles. The van der Waals surface area contributed by atoms with Gasteiger partial charge in [0.25, 0.3) is 0 Å². The minimum absolute atomic E-state index is 0.128. The van der Waals surface area contributed by atoms with Crippen molar-refractivity contribution in [3.8, 4) is 0 Å². The van der Waals surface area contributed by atoms with Gasteiger partial charge in [-0.2, -0.15) is 0 Å². The predicted molar refractivity (Wildman–Crippen MR) is 79.4 cm³/mol. The molecule has 0 saturated heterocycles. The monoisotopic (exact) mass is 280 g/mol. The molecule has 0 saturated carbocycles. The van der Waals surface area contributed by atoms with E-state index in [2.05, 4.69) is 12.2 Å². The fourth-order valence-electron chi connectivity index (χ4n) is 1.72. The van der Waals surface area contributed by atoms with E-state index in [0.29, 0.717) is 10.7 Å². The Kier molecular flexibility index (Phi) is 4.00. The number of hydrogen-bond donors (Lipinski definition) is 2. The van der Waals surface area contributed by atoms with Gasteiger partial charge >= 0.3 is 0 Å². The Hall–Kier alpha value is -1.38. The van der Waals surface area contributed by atoms with Gasteiger partial charge in [0.2, 0.25) is 0 Å². The summed E-state index contributed by atoms with van der Waals surface area (Å²) in [6, 6.07) is 13.2. The van der Waals surface area contributed by atoms with Crippen LogP contribution in [0.4, 0.5) is 11.4 Å². The molecule has 0 radical (unpaired) electrons. The van der Waals surface area contributed by atoms with Crippen molar-refractivity contribution in [3.63, 3.8) is 0 Å². The summed E-state index contributed by atoms with van der Waals surface area (Å²) < 4.78 is 0. The van der Waals surface area contributed by atoms with Gasteiger partial charge in [0.15, 0.2) is 0 Å². The molecular weight excluding hydrogens is 267 g/mol. The minimum atomic E-state index is 0.128. The largest absolute Gasteiger partial charge is 0.397 e. The van der Waals surface area contributed by atoms with Crippen LogP contribution < -0.4 is 11.1 Å². The van der Waals surface area contributed by atoms with E-state index in [-0.39, 0.29) is 6.04 Å². The normalized spacial score (nSPS) is 12.2. The maximum absolute atomic E-state index is 5.95. The molecular formula is C14H14Cl2N2. The van der Waals surface area contributed by atoms with Crippen LogP contribution in [0.3, 0.4) is 0 Å². The molecule has 2 aromatic carbocycles. The third-order valence-corrected chi connectivity index (χ3v) is 3.24. The second-order valence-electron chi connectivity index (χ2n) is 4.15. The van der Waals surface area contributed by atoms with Crippen molar-refractivity contribution in [2.45, 2.75) is 13.0 Å². The summed E-state index contributed by atoms with van der Waals surface area (Å²) in [6.45, 7) is 2.06. The van der Waals surface area contributed by atoms with Gasteiger partial charge in [-0.1, -0.05) is 35.3 Å². The van der Waals surface area contributed by atoms with Gasteiger partial charge < -0.3 is 11.1 Å². The van der Waals surface area contributed by atoms with Gasteiger partial charge in [-0.3, -0.25) is 0 Å². The molecule has 0 spiro atoms. The topological polar surface area (TPSA) is 38.0 Å². The van der Waals surface area contributed by atoms with E-state index in [0.717, 1.165) is 16.3 Å². The number of nitrogen functional groups attached to an aromatic ring is 1. The molecule has 2 nitrogen and oxygen atoms in total. The fourth-order valence-corrected chi connectivity index (χ4v) is 2.02. The number of rotatable bonds is 3. The number of benzene rings is 2. The third kappa shape index (κ3) is 3.09. The zero-order valence-corrected chi connectivity index (χ0v) is 11.5. The molecule has 4 heteroatoms. The van der Waals surface area contributed by atoms with Crippen LogP contribution in [0.1, 0.15) is 18.5 Å². The van der Waals surface area contributed by atoms with Gasteiger partial charge in [-0.25, -0.2) is 0 Å². The maximum atomic E-state index is 5.95. The van der Waals surface area contributed by atoms with Crippen LogP contribution in [-0.4, -0.2) is 0 Å². The zero-order chi connectivity index (χ0) is 13.1. The van der Waals surface area contributed by atoms with Crippen LogP contribution in [0.15, 0.2) is 42.5 Å².